The minimum Gasteiger partial charge on any atom is -0.497 e. The number of methoxy groups -OCH3 is 2. The quantitative estimate of drug-likeness (QED) is 0.580. The van der Waals surface area contributed by atoms with Crippen molar-refractivity contribution in [3.05, 3.63) is 63.6 Å². The molecule has 3 rings (SSSR count). The minimum atomic E-state index is -0.175. The molecule has 0 saturated carbocycles. The molecule has 0 aliphatic rings. The summed E-state index contributed by atoms with van der Waals surface area (Å²) in [6, 6.07) is 12.3. The molecule has 0 fully saturated rings. The van der Waals surface area contributed by atoms with E-state index in [2.05, 4.69) is 10.3 Å². The lowest BCUT2D eigenvalue weighted by Gasteiger charge is -2.09. The van der Waals surface area contributed by atoms with Crippen LogP contribution in [0.4, 0.5) is 5.69 Å². The summed E-state index contributed by atoms with van der Waals surface area (Å²) in [4.78, 5) is 16.8. The Morgan fingerprint density at radius 2 is 1.75 bits per heavy atom. The monoisotopic (exact) mass is 418 g/mol. The average Bonchev–Trinajstić information content (AvgIpc) is 3.14. The van der Waals surface area contributed by atoms with Crippen LogP contribution in [-0.2, 0) is 17.8 Å². The summed E-state index contributed by atoms with van der Waals surface area (Å²) in [5.74, 6) is 1.74. The first-order chi connectivity index (χ1) is 13.6. The van der Waals surface area contributed by atoms with Crippen molar-refractivity contribution in [1.82, 2.24) is 4.98 Å². The molecule has 0 atom stereocenters. The Kier molecular flexibility index (Phi) is 6.73. The van der Waals surface area contributed by atoms with E-state index in [4.69, 9.17) is 25.8 Å². The summed E-state index contributed by atoms with van der Waals surface area (Å²) in [5.41, 5.74) is 1.29. The van der Waals surface area contributed by atoms with Gasteiger partial charge < -0.3 is 19.5 Å². The number of anilines is 1. The Morgan fingerprint density at radius 3 is 2.39 bits per heavy atom. The highest BCUT2D eigenvalue weighted by atomic mass is 35.5. The topological polar surface area (TPSA) is 69.7 Å². The lowest BCUT2D eigenvalue weighted by atomic mass is 10.2. The van der Waals surface area contributed by atoms with Crippen LogP contribution in [0.2, 0.25) is 5.02 Å². The number of hydrogen-bond donors (Lipinski definition) is 1. The number of carbonyl (C=O) groups excluding carboxylic acids is 1. The maximum atomic E-state index is 12.3. The standard InChI is InChI=1S/C20H19ClN2O4S/c1-25-17-7-14(8-18(10-17)26-2)22-19(24)9-15-12-28-20(23-15)11-27-16-5-3-13(21)4-6-16/h3-8,10,12H,9,11H2,1-2H3,(H,22,24). The molecule has 8 heteroatoms. The van der Waals surface area contributed by atoms with Gasteiger partial charge in [0.05, 0.1) is 26.3 Å². The van der Waals surface area contributed by atoms with Crippen LogP contribution in [0.15, 0.2) is 47.8 Å². The number of benzene rings is 2. The third-order valence-electron chi connectivity index (χ3n) is 3.75. The molecule has 0 aliphatic carbocycles. The fourth-order valence-electron chi connectivity index (χ4n) is 2.42. The van der Waals surface area contributed by atoms with E-state index in [0.29, 0.717) is 40.3 Å². The SMILES string of the molecule is COc1cc(NC(=O)Cc2csc(COc3ccc(Cl)cc3)n2)cc(OC)c1. The predicted octanol–water partition coefficient (Wildman–Crippen LogP) is 4.57. The number of thiazole rings is 1. The molecule has 1 N–H and O–H groups in total. The van der Waals surface area contributed by atoms with E-state index in [1.165, 1.54) is 11.3 Å². The van der Waals surface area contributed by atoms with Gasteiger partial charge in [-0.25, -0.2) is 4.98 Å². The maximum absolute atomic E-state index is 12.3. The number of carbonyl (C=O) groups is 1. The number of rotatable bonds is 8. The zero-order valence-corrected chi connectivity index (χ0v) is 17.0. The van der Waals surface area contributed by atoms with Crippen LogP contribution in [0.25, 0.3) is 0 Å². The first kappa shape index (κ1) is 20.0. The molecule has 146 valence electrons. The smallest absolute Gasteiger partial charge is 0.230 e. The van der Waals surface area contributed by atoms with E-state index >= 15 is 0 Å². The molecule has 1 aromatic heterocycles. The molecule has 0 bridgehead atoms. The molecule has 2 aromatic carbocycles. The fraction of sp³-hybridized carbons (Fsp3) is 0.200. The van der Waals surface area contributed by atoms with Gasteiger partial charge in [-0.1, -0.05) is 11.6 Å². The molecule has 0 spiro atoms. The molecule has 3 aromatic rings. The second-order valence-corrected chi connectivity index (χ2v) is 7.18. The van der Waals surface area contributed by atoms with Crippen molar-refractivity contribution < 1.29 is 19.0 Å². The maximum Gasteiger partial charge on any atom is 0.230 e. The van der Waals surface area contributed by atoms with Crippen molar-refractivity contribution in [1.29, 1.82) is 0 Å². The van der Waals surface area contributed by atoms with Crippen LogP contribution in [-0.4, -0.2) is 25.1 Å². The minimum absolute atomic E-state index is 0.164. The number of nitrogens with zero attached hydrogens (tertiary/aromatic N) is 1. The Bertz CT molecular complexity index is 921. The second-order valence-electron chi connectivity index (χ2n) is 5.80. The van der Waals surface area contributed by atoms with Crippen LogP contribution >= 0.6 is 22.9 Å². The van der Waals surface area contributed by atoms with Gasteiger partial charge in [-0.3, -0.25) is 4.79 Å². The molecule has 28 heavy (non-hydrogen) atoms. The number of aromatic nitrogens is 1. The summed E-state index contributed by atoms with van der Waals surface area (Å²) in [7, 11) is 3.12. The van der Waals surface area contributed by atoms with Crippen molar-refractivity contribution in [2.24, 2.45) is 0 Å². The van der Waals surface area contributed by atoms with Gasteiger partial charge in [0.2, 0.25) is 5.91 Å². The lowest BCUT2D eigenvalue weighted by Crippen LogP contribution is -2.14. The van der Waals surface area contributed by atoms with E-state index in [1.807, 2.05) is 5.38 Å². The molecule has 6 nitrogen and oxygen atoms in total. The number of halogens is 1. The van der Waals surface area contributed by atoms with E-state index in [9.17, 15) is 4.79 Å². The van der Waals surface area contributed by atoms with E-state index in [1.54, 1.807) is 56.7 Å². The Hall–Kier alpha value is -2.77. The molecular weight excluding hydrogens is 400 g/mol. The van der Waals surface area contributed by atoms with Crippen LogP contribution < -0.4 is 19.5 Å². The van der Waals surface area contributed by atoms with Crippen molar-refractivity contribution in [3.8, 4) is 17.2 Å². The van der Waals surface area contributed by atoms with E-state index in [-0.39, 0.29) is 12.3 Å². The van der Waals surface area contributed by atoms with Gasteiger partial charge in [0, 0.05) is 34.3 Å². The first-order valence-electron chi connectivity index (χ1n) is 8.40. The van der Waals surface area contributed by atoms with Crippen molar-refractivity contribution in [3.63, 3.8) is 0 Å². The summed E-state index contributed by atoms with van der Waals surface area (Å²) in [6.45, 7) is 0.334. The van der Waals surface area contributed by atoms with Gasteiger partial charge in [-0.2, -0.15) is 0 Å². The first-order valence-corrected chi connectivity index (χ1v) is 9.66. The Morgan fingerprint density at radius 1 is 1.07 bits per heavy atom. The lowest BCUT2D eigenvalue weighted by molar-refractivity contribution is -0.115. The Labute approximate surface area is 172 Å². The highest BCUT2D eigenvalue weighted by molar-refractivity contribution is 7.09. The van der Waals surface area contributed by atoms with Crippen molar-refractivity contribution >= 4 is 34.5 Å². The van der Waals surface area contributed by atoms with Crippen LogP contribution in [0.5, 0.6) is 17.2 Å². The van der Waals surface area contributed by atoms with Gasteiger partial charge in [-0.05, 0) is 24.3 Å². The predicted molar refractivity (Wildman–Crippen MR) is 110 cm³/mol. The molecule has 0 radical (unpaired) electrons. The highest BCUT2D eigenvalue weighted by Gasteiger charge is 2.10. The largest absolute Gasteiger partial charge is 0.497 e. The van der Waals surface area contributed by atoms with Crippen molar-refractivity contribution in [2.75, 3.05) is 19.5 Å². The number of ether oxygens (including phenoxy) is 3. The van der Waals surface area contributed by atoms with Crippen LogP contribution in [0, 0.1) is 0 Å². The van der Waals surface area contributed by atoms with E-state index < -0.39 is 0 Å². The Balaban J connectivity index is 1.55. The summed E-state index contributed by atoms with van der Waals surface area (Å²) in [5, 5.41) is 6.14. The van der Waals surface area contributed by atoms with Crippen LogP contribution in [0.3, 0.4) is 0 Å². The van der Waals surface area contributed by atoms with Gasteiger partial charge in [-0.15, -0.1) is 11.3 Å². The zero-order valence-electron chi connectivity index (χ0n) is 15.4. The average molecular weight is 419 g/mol. The highest BCUT2D eigenvalue weighted by Crippen LogP contribution is 2.26. The molecule has 1 amide bonds. The van der Waals surface area contributed by atoms with Gasteiger partial charge >= 0.3 is 0 Å². The fourth-order valence-corrected chi connectivity index (χ4v) is 3.25. The number of hydrogen-bond acceptors (Lipinski definition) is 6. The summed E-state index contributed by atoms with van der Waals surface area (Å²) < 4.78 is 16.1. The second kappa shape index (κ2) is 9.43. The molecule has 0 aliphatic heterocycles. The van der Waals surface area contributed by atoms with Gasteiger partial charge in [0.1, 0.15) is 28.9 Å². The van der Waals surface area contributed by atoms with Crippen molar-refractivity contribution in [2.45, 2.75) is 13.0 Å². The molecule has 0 unspecified atom stereocenters. The molecule has 0 saturated heterocycles. The normalized spacial score (nSPS) is 10.4. The van der Waals surface area contributed by atoms with Gasteiger partial charge in [0.15, 0.2) is 0 Å². The van der Waals surface area contributed by atoms with Crippen LogP contribution in [0.1, 0.15) is 10.7 Å². The summed E-state index contributed by atoms with van der Waals surface area (Å²) in [6.07, 6.45) is 0.164. The zero-order chi connectivity index (χ0) is 19.9. The number of amides is 1. The van der Waals surface area contributed by atoms with E-state index in [0.717, 1.165) is 5.01 Å². The summed E-state index contributed by atoms with van der Waals surface area (Å²) >= 11 is 7.30. The van der Waals surface area contributed by atoms with Gasteiger partial charge in [0.25, 0.3) is 0 Å². The third-order valence-corrected chi connectivity index (χ3v) is 4.88. The number of nitrogens with one attached hydrogen (secondary N) is 1. The third kappa shape index (κ3) is 5.61. The molecule has 1 heterocycles. The molecular formula is C20H19ClN2O4S.